The second-order valence-corrected chi connectivity index (χ2v) is 7.57. The Morgan fingerprint density at radius 1 is 1.27 bits per heavy atom. The minimum absolute atomic E-state index is 0.617. The van der Waals surface area contributed by atoms with Gasteiger partial charge in [0.15, 0.2) is 0 Å². The number of aryl methyl sites for hydroxylation is 1. The predicted molar refractivity (Wildman–Crippen MR) is 105 cm³/mol. The quantitative estimate of drug-likeness (QED) is 0.680. The number of rotatable bonds is 8. The van der Waals surface area contributed by atoms with Crippen molar-refractivity contribution < 1.29 is 4.74 Å². The Hall–Kier alpha value is -1.85. The van der Waals surface area contributed by atoms with Gasteiger partial charge in [-0.05, 0) is 44.9 Å². The van der Waals surface area contributed by atoms with Crippen LogP contribution in [0.15, 0.2) is 43.0 Å². The van der Waals surface area contributed by atoms with E-state index in [4.69, 9.17) is 4.74 Å². The van der Waals surface area contributed by atoms with Gasteiger partial charge in [0.1, 0.15) is 5.75 Å². The molecule has 0 unspecified atom stereocenters. The highest BCUT2D eigenvalue weighted by Gasteiger charge is 2.25. The topological polar surface area (TPSA) is 33.5 Å². The summed E-state index contributed by atoms with van der Waals surface area (Å²) in [6, 6.07) is 9.81. The molecule has 0 N–H and O–H groups in total. The second kappa shape index (κ2) is 9.19. The SMILES string of the molecule is CC(C)N1CCN(Cc2cccc(OCCCn3ccnc3)c2)C[C@@H]1C. The van der Waals surface area contributed by atoms with Crippen LogP contribution in [0.25, 0.3) is 0 Å². The first-order valence-electron chi connectivity index (χ1n) is 9.77. The minimum Gasteiger partial charge on any atom is -0.494 e. The molecule has 142 valence electrons. The van der Waals surface area contributed by atoms with Crippen LogP contribution in [0.5, 0.6) is 5.75 Å². The molecule has 1 aromatic carbocycles. The molecule has 0 radical (unpaired) electrons. The second-order valence-electron chi connectivity index (χ2n) is 7.57. The van der Waals surface area contributed by atoms with Gasteiger partial charge in [-0.2, -0.15) is 0 Å². The zero-order chi connectivity index (χ0) is 18.4. The fourth-order valence-corrected chi connectivity index (χ4v) is 3.81. The smallest absolute Gasteiger partial charge is 0.119 e. The van der Waals surface area contributed by atoms with Gasteiger partial charge >= 0.3 is 0 Å². The molecule has 1 atom stereocenters. The lowest BCUT2D eigenvalue weighted by Crippen LogP contribution is -2.53. The van der Waals surface area contributed by atoms with Crippen molar-refractivity contribution in [3.8, 4) is 5.75 Å². The molecule has 0 amide bonds. The molecule has 1 aliphatic heterocycles. The zero-order valence-electron chi connectivity index (χ0n) is 16.3. The molecule has 5 nitrogen and oxygen atoms in total. The zero-order valence-corrected chi connectivity index (χ0v) is 16.3. The van der Waals surface area contributed by atoms with Crippen LogP contribution in [0.1, 0.15) is 32.8 Å². The molecule has 0 bridgehead atoms. The lowest BCUT2D eigenvalue weighted by Gasteiger charge is -2.42. The number of hydrogen-bond donors (Lipinski definition) is 0. The molecule has 5 heteroatoms. The van der Waals surface area contributed by atoms with Crippen molar-refractivity contribution in [3.05, 3.63) is 48.5 Å². The Morgan fingerprint density at radius 3 is 2.88 bits per heavy atom. The molecule has 2 heterocycles. The molecule has 0 aliphatic carbocycles. The predicted octanol–water partition coefficient (Wildman–Crippen LogP) is 3.27. The van der Waals surface area contributed by atoms with Crippen LogP contribution in [0.3, 0.4) is 0 Å². The third-order valence-electron chi connectivity index (χ3n) is 5.12. The monoisotopic (exact) mass is 356 g/mol. The lowest BCUT2D eigenvalue weighted by molar-refractivity contribution is 0.0564. The summed E-state index contributed by atoms with van der Waals surface area (Å²) in [5.41, 5.74) is 1.34. The van der Waals surface area contributed by atoms with Gasteiger partial charge in [0.25, 0.3) is 0 Å². The maximum atomic E-state index is 5.94. The Labute approximate surface area is 157 Å². The molecule has 0 spiro atoms. The highest BCUT2D eigenvalue weighted by molar-refractivity contribution is 5.28. The van der Waals surface area contributed by atoms with Crippen LogP contribution >= 0.6 is 0 Å². The first kappa shape index (κ1) is 18.9. The molecule has 1 saturated heterocycles. The highest BCUT2D eigenvalue weighted by atomic mass is 16.5. The van der Waals surface area contributed by atoms with Crippen LogP contribution in [0.2, 0.25) is 0 Å². The lowest BCUT2D eigenvalue weighted by atomic mass is 10.1. The van der Waals surface area contributed by atoms with Gasteiger partial charge in [-0.3, -0.25) is 9.80 Å². The molecule has 2 aromatic rings. The summed E-state index contributed by atoms with van der Waals surface area (Å²) >= 11 is 0. The Kier molecular flexibility index (Phi) is 6.69. The summed E-state index contributed by atoms with van der Waals surface area (Å²) in [6.07, 6.45) is 6.63. The van der Waals surface area contributed by atoms with Crippen molar-refractivity contribution in [3.63, 3.8) is 0 Å². The minimum atomic E-state index is 0.617. The van der Waals surface area contributed by atoms with Gasteiger partial charge < -0.3 is 9.30 Å². The molecule has 1 aromatic heterocycles. The summed E-state index contributed by atoms with van der Waals surface area (Å²) in [5, 5.41) is 0. The van der Waals surface area contributed by atoms with Crippen LogP contribution < -0.4 is 4.74 Å². The molecular weight excluding hydrogens is 324 g/mol. The third-order valence-corrected chi connectivity index (χ3v) is 5.12. The van der Waals surface area contributed by atoms with Gasteiger partial charge in [0.2, 0.25) is 0 Å². The Bertz CT molecular complexity index is 656. The largest absolute Gasteiger partial charge is 0.494 e. The molecule has 1 aliphatic rings. The summed E-state index contributed by atoms with van der Waals surface area (Å²) in [6.45, 7) is 13.0. The Morgan fingerprint density at radius 2 is 2.15 bits per heavy atom. The van der Waals surface area contributed by atoms with Gasteiger partial charge in [-0.1, -0.05) is 12.1 Å². The summed E-state index contributed by atoms with van der Waals surface area (Å²) in [4.78, 5) is 9.21. The van der Waals surface area contributed by atoms with E-state index in [0.717, 1.165) is 51.5 Å². The van der Waals surface area contributed by atoms with E-state index in [1.165, 1.54) is 5.56 Å². The van der Waals surface area contributed by atoms with Gasteiger partial charge in [0.05, 0.1) is 12.9 Å². The number of nitrogens with zero attached hydrogens (tertiary/aromatic N) is 4. The van der Waals surface area contributed by atoms with Crippen LogP contribution in [0.4, 0.5) is 0 Å². The Balaban J connectivity index is 1.45. The standard InChI is InChI=1S/C21H32N4O/c1-18(2)25-12-11-24(15-19(25)3)16-20-6-4-7-21(14-20)26-13-5-9-23-10-8-22-17-23/h4,6-8,10,14,17-19H,5,9,11-13,15-16H2,1-3H3/t19-/m0/s1. The number of piperazine rings is 1. The fourth-order valence-electron chi connectivity index (χ4n) is 3.81. The number of ether oxygens (including phenoxy) is 1. The van der Waals surface area contributed by atoms with E-state index >= 15 is 0 Å². The molecule has 3 rings (SSSR count). The van der Waals surface area contributed by atoms with Crippen molar-refractivity contribution in [1.29, 1.82) is 0 Å². The van der Waals surface area contributed by atoms with E-state index in [1.807, 2.05) is 18.7 Å². The average Bonchev–Trinajstić information content (AvgIpc) is 3.12. The number of aromatic nitrogens is 2. The van der Waals surface area contributed by atoms with Gasteiger partial charge in [0, 0.05) is 57.2 Å². The maximum absolute atomic E-state index is 5.94. The van der Waals surface area contributed by atoms with E-state index in [-0.39, 0.29) is 0 Å². The number of benzene rings is 1. The molecule has 26 heavy (non-hydrogen) atoms. The van der Waals surface area contributed by atoms with E-state index < -0.39 is 0 Å². The third kappa shape index (κ3) is 5.32. The maximum Gasteiger partial charge on any atom is 0.119 e. The van der Waals surface area contributed by atoms with Crippen molar-refractivity contribution in [2.24, 2.45) is 0 Å². The number of hydrogen-bond acceptors (Lipinski definition) is 4. The summed E-state index contributed by atoms with van der Waals surface area (Å²) in [7, 11) is 0. The highest BCUT2D eigenvalue weighted by Crippen LogP contribution is 2.18. The van der Waals surface area contributed by atoms with E-state index in [9.17, 15) is 0 Å². The van der Waals surface area contributed by atoms with Crippen LogP contribution in [-0.4, -0.2) is 57.7 Å². The fraction of sp³-hybridized carbons (Fsp3) is 0.571. The van der Waals surface area contributed by atoms with Gasteiger partial charge in [-0.15, -0.1) is 0 Å². The van der Waals surface area contributed by atoms with Crippen molar-refractivity contribution in [2.75, 3.05) is 26.2 Å². The van der Waals surface area contributed by atoms with Gasteiger partial charge in [-0.25, -0.2) is 4.98 Å². The summed E-state index contributed by atoms with van der Waals surface area (Å²) in [5.74, 6) is 0.974. The summed E-state index contributed by atoms with van der Waals surface area (Å²) < 4.78 is 8.02. The van der Waals surface area contributed by atoms with E-state index in [1.54, 1.807) is 0 Å². The average molecular weight is 357 g/mol. The van der Waals surface area contributed by atoms with Crippen LogP contribution in [0, 0.1) is 0 Å². The number of imidazole rings is 1. The first-order chi connectivity index (χ1) is 12.6. The first-order valence-corrected chi connectivity index (χ1v) is 9.77. The molecule has 0 saturated carbocycles. The normalized spacial score (nSPS) is 19.2. The van der Waals surface area contributed by atoms with Crippen LogP contribution in [-0.2, 0) is 13.1 Å². The van der Waals surface area contributed by atoms with Crippen molar-refractivity contribution in [1.82, 2.24) is 19.4 Å². The van der Waals surface area contributed by atoms with Crippen molar-refractivity contribution in [2.45, 2.75) is 52.4 Å². The van der Waals surface area contributed by atoms with Crippen molar-refractivity contribution >= 4 is 0 Å². The van der Waals surface area contributed by atoms with E-state index in [2.05, 4.69) is 64.4 Å². The van der Waals surface area contributed by atoms with E-state index in [0.29, 0.717) is 12.1 Å². The molecule has 1 fully saturated rings. The molecular formula is C21H32N4O.